The van der Waals surface area contributed by atoms with Crippen molar-refractivity contribution in [1.29, 1.82) is 5.26 Å². The summed E-state index contributed by atoms with van der Waals surface area (Å²) in [6, 6.07) is 3.68. The highest BCUT2D eigenvalue weighted by molar-refractivity contribution is 5.87. The van der Waals surface area contributed by atoms with Gasteiger partial charge in [0, 0.05) is 39.0 Å². The predicted octanol–water partition coefficient (Wildman–Crippen LogP) is 1.95. The van der Waals surface area contributed by atoms with Crippen molar-refractivity contribution in [1.82, 2.24) is 15.5 Å². The van der Waals surface area contributed by atoms with Crippen LogP contribution in [0, 0.1) is 11.3 Å². The average molecular weight is 441 g/mol. The van der Waals surface area contributed by atoms with Gasteiger partial charge >= 0.3 is 12.2 Å². The van der Waals surface area contributed by atoms with Gasteiger partial charge in [-0.15, -0.1) is 0 Å². The summed E-state index contributed by atoms with van der Waals surface area (Å²) < 4.78 is 45.1. The topological polar surface area (TPSA) is 97.7 Å². The lowest BCUT2D eigenvalue weighted by Gasteiger charge is -2.42. The molecule has 11 heteroatoms. The first-order chi connectivity index (χ1) is 14.7. The highest BCUT2D eigenvalue weighted by Crippen LogP contribution is 2.35. The summed E-state index contributed by atoms with van der Waals surface area (Å²) in [6.07, 6.45) is -3.96. The smallest absolute Gasteiger partial charge is 0.383 e. The molecule has 2 N–H and O–H groups in total. The number of rotatable bonds is 7. The number of piperazine rings is 1. The van der Waals surface area contributed by atoms with Gasteiger partial charge in [-0.2, -0.15) is 18.4 Å². The van der Waals surface area contributed by atoms with Crippen LogP contribution in [0.5, 0.6) is 0 Å². The monoisotopic (exact) mass is 441 g/mol. The number of nitriles is 1. The molecule has 1 heterocycles. The molecule has 0 aromatic heterocycles. The van der Waals surface area contributed by atoms with E-state index in [1.54, 1.807) is 6.07 Å². The van der Waals surface area contributed by atoms with Gasteiger partial charge in [-0.1, -0.05) is 6.92 Å². The minimum atomic E-state index is -4.71. The minimum absolute atomic E-state index is 0.00964. The average Bonchev–Trinajstić information content (AvgIpc) is 2.76. The van der Waals surface area contributed by atoms with Crippen molar-refractivity contribution in [2.45, 2.75) is 25.6 Å². The molecule has 1 aliphatic heterocycles. The lowest BCUT2D eigenvalue weighted by atomic mass is 10.0. The number of nitrogens with zero attached hydrogens (tertiary/aromatic N) is 3. The second-order valence-electron chi connectivity index (χ2n) is 7.01. The van der Waals surface area contributed by atoms with Crippen LogP contribution in [-0.4, -0.2) is 69.3 Å². The molecule has 0 saturated carbocycles. The Morgan fingerprint density at radius 3 is 2.61 bits per heavy atom. The van der Waals surface area contributed by atoms with E-state index in [0.29, 0.717) is 6.54 Å². The van der Waals surface area contributed by atoms with E-state index < -0.39 is 29.3 Å². The first-order valence-electron chi connectivity index (χ1n) is 9.90. The summed E-state index contributed by atoms with van der Waals surface area (Å²) in [4.78, 5) is 28.2. The quantitative estimate of drug-likeness (QED) is 0.631. The first kappa shape index (κ1) is 24.3. The molecule has 8 nitrogen and oxygen atoms in total. The molecule has 170 valence electrons. The molecule has 0 aliphatic carbocycles. The largest absolute Gasteiger partial charge is 0.417 e. The molecule has 1 aromatic carbocycles. The number of carbonyl (C=O) groups is 2. The second-order valence-corrected chi connectivity index (χ2v) is 7.01. The van der Waals surface area contributed by atoms with Crippen LogP contribution in [-0.2, 0) is 15.7 Å². The van der Waals surface area contributed by atoms with E-state index in [9.17, 15) is 22.8 Å². The van der Waals surface area contributed by atoms with Gasteiger partial charge in [-0.05, 0) is 24.6 Å². The van der Waals surface area contributed by atoms with Crippen LogP contribution in [0.1, 0.15) is 24.5 Å². The standard InChI is InChI=1S/C20H26F3N5O3/c1-3-6-26-19(30)27-8-9-28(17(13-27)18(29)25-7-10-31-2)15-5-4-14(12-24)16(11-15)20(21,22)23/h4-5,11,17H,3,6-10,13H2,1-2H3,(H,25,29)(H,26,30). The third kappa shape index (κ3) is 6.24. The molecule has 1 unspecified atom stereocenters. The summed E-state index contributed by atoms with van der Waals surface area (Å²) in [5, 5.41) is 14.4. The number of nitrogens with one attached hydrogen (secondary N) is 2. The molecule has 1 aromatic rings. The van der Waals surface area contributed by atoms with Crippen LogP contribution in [0.3, 0.4) is 0 Å². The van der Waals surface area contributed by atoms with Crippen molar-refractivity contribution in [2.75, 3.05) is 51.3 Å². The summed E-state index contributed by atoms with van der Waals surface area (Å²) in [6.45, 7) is 3.29. The van der Waals surface area contributed by atoms with E-state index in [0.717, 1.165) is 18.6 Å². The molecular formula is C20H26F3N5O3. The number of urea groups is 1. The van der Waals surface area contributed by atoms with E-state index in [2.05, 4.69) is 10.6 Å². The van der Waals surface area contributed by atoms with Crippen LogP contribution in [0.25, 0.3) is 0 Å². The van der Waals surface area contributed by atoms with E-state index in [1.165, 1.54) is 23.0 Å². The molecule has 2 rings (SSSR count). The Labute approximate surface area is 178 Å². The lowest BCUT2D eigenvalue weighted by Crippen LogP contribution is -2.61. The Kier molecular flexibility index (Phi) is 8.50. The first-order valence-corrected chi connectivity index (χ1v) is 9.90. The highest BCUT2D eigenvalue weighted by Gasteiger charge is 2.37. The van der Waals surface area contributed by atoms with Gasteiger partial charge in [0.15, 0.2) is 0 Å². The molecule has 1 fully saturated rings. The number of methoxy groups -OCH3 is 1. The number of hydrogen-bond donors (Lipinski definition) is 2. The molecule has 1 aliphatic rings. The van der Waals surface area contributed by atoms with Crippen molar-refractivity contribution in [3.8, 4) is 6.07 Å². The number of alkyl halides is 3. The molecule has 0 bridgehead atoms. The molecule has 1 saturated heterocycles. The summed E-state index contributed by atoms with van der Waals surface area (Å²) >= 11 is 0. The van der Waals surface area contributed by atoms with E-state index >= 15 is 0 Å². The normalized spacial score (nSPS) is 16.6. The van der Waals surface area contributed by atoms with Gasteiger partial charge in [-0.25, -0.2) is 4.79 Å². The van der Waals surface area contributed by atoms with Gasteiger partial charge in [0.05, 0.1) is 30.3 Å². The Bertz CT molecular complexity index is 825. The van der Waals surface area contributed by atoms with Crippen LogP contribution in [0.4, 0.5) is 23.7 Å². The molecule has 3 amide bonds. The fraction of sp³-hybridized carbons (Fsp3) is 0.550. The Hall–Kier alpha value is -3.00. The van der Waals surface area contributed by atoms with Gasteiger partial charge in [0.2, 0.25) is 5.91 Å². The zero-order chi connectivity index (χ0) is 23.0. The molecule has 1 atom stereocenters. The third-order valence-electron chi connectivity index (χ3n) is 4.86. The van der Waals surface area contributed by atoms with Crippen molar-refractivity contribution >= 4 is 17.6 Å². The van der Waals surface area contributed by atoms with Gasteiger partial charge < -0.3 is 25.2 Å². The third-order valence-corrected chi connectivity index (χ3v) is 4.86. The molecule has 0 spiro atoms. The van der Waals surface area contributed by atoms with Crippen molar-refractivity contribution < 1.29 is 27.5 Å². The number of halogens is 3. The summed E-state index contributed by atoms with van der Waals surface area (Å²) in [5.74, 6) is -0.428. The second kappa shape index (κ2) is 10.9. The number of carbonyl (C=O) groups excluding carboxylic acids is 2. The number of amides is 3. The fourth-order valence-corrected chi connectivity index (χ4v) is 3.28. The van der Waals surface area contributed by atoms with E-state index in [-0.39, 0.29) is 44.5 Å². The zero-order valence-corrected chi connectivity index (χ0v) is 17.5. The number of hydrogen-bond acceptors (Lipinski definition) is 5. The van der Waals surface area contributed by atoms with Crippen LogP contribution in [0.2, 0.25) is 0 Å². The van der Waals surface area contributed by atoms with Crippen LogP contribution >= 0.6 is 0 Å². The van der Waals surface area contributed by atoms with Crippen molar-refractivity contribution in [2.24, 2.45) is 0 Å². The van der Waals surface area contributed by atoms with Gasteiger partial charge in [0.1, 0.15) is 6.04 Å². The van der Waals surface area contributed by atoms with Crippen LogP contribution < -0.4 is 15.5 Å². The molecule has 0 radical (unpaired) electrons. The van der Waals surface area contributed by atoms with Gasteiger partial charge in [-0.3, -0.25) is 4.79 Å². The molecule has 31 heavy (non-hydrogen) atoms. The zero-order valence-electron chi connectivity index (χ0n) is 17.5. The van der Waals surface area contributed by atoms with Crippen LogP contribution in [0.15, 0.2) is 18.2 Å². The summed E-state index contributed by atoms with van der Waals surface area (Å²) in [7, 11) is 1.48. The van der Waals surface area contributed by atoms with Crippen molar-refractivity contribution in [3.63, 3.8) is 0 Å². The Balaban J connectivity index is 2.32. The number of anilines is 1. The summed E-state index contributed by atoms with van der Waals surface area (Å²) in [5.41, 5.74) is -1.39. The lowest BCUT2D eigenvalue weighted by molar-refractivity contribution is -0.137. The van der Waals surface area contributed by atoms with E-state index in [4.69, 9.17) is 10.00 Å². The minimum Gasteiger partial charge on any atom is -0.383 e. The van der Waals surface area contributed by atoms with Crippen molar-refractivity contribution in [3.05, 3.63) is 29.3 Å². The Morgan fingerprint density at radius 2 is 2.00 bits per heavy atom. The fourth-order valence-electron chi connectivity index (χ4n) is 3.28. The van der Waals surface area contributed by atoms with Gasteiger partial charge in [0.25, 0.3) is 0 Å². The maximum Gasteiger partial charge on any atom is 0.417 e. The van der Waals surface area contributed by atoms with E-state index in [1.807, 2.05) is 6.92 Å². The highest BCUT2D eigenvalue weighted by atomic mass is 19.4. The number of benzene rings is 1. The predicted molar refractivity (Wildman–Crippen MR) is 107 cm³/mol. The maximum absolute atomic E-state index is 13.4. The SMILES string of the molecule is CCCNC(=O)N1CCN(c2ccc(C#N)c(C(F)(F)F)c2)C(C(=O)NCCOC)C1. The molecular weight excluding hydrogens is 415 g/mol. The Morgan fingerprint density at radius 1 is 1.26 bits per heavy atom. The number of ether oxygens (including phenoxy) is 1. The maximum atomic E-state index is 13.4.